The second-order valence-corrected chi connectivity index (χ2v) is 8.72. The average Bonchev–Trinajstić information content (AvgIpc) is 2.61. The second kappa shape index (κ2) is 7.80. The monoisotopic (exact) mass is 370 g/mol. The molecule has 0 saturated carbocycles. The summed E-state index contributed by atoms with van der Waals surface area (Å²) in [5, 5.41) is 0. The molecule has 1 fully saturated rings. The minimum atomic E-state index is -0.107. The van der Waals surface area contributed by atoms with Gasteiger partial charge in [-0.1, -0.05) is 26.8 Å². The topological polar surface area (TPSA) is 60.1 Å². The van der Waals surface area contributed by atoms with E-state index in [1.54, 1.807) is 34.6 Å². The third-order valence-corrected chi connectivity index (χ3v) is 5.36. The fraction of sp³-hybridized carbons (Fsp3) is 0.571. The first kappa shape index (κ1) is 19.5. The predicted molar refractivity (Wildman–Crippen MR) is 107 cm³/mol. The van der Waals surface area contributed by atoms with Gasteiger partial charge in [-0.25, -0.2) is 4.98 Å². The number of aryl methyl sites for hydroxylation is 1. The van der Waals surface area contributed by atoms with E-state index in [1.165, 1.54) is 0 Å². The summed E-state index contributed by atoms with van der Waals surface area (Å²) < 4.78 is 3.38. The van der Waals surface area contributed by atoms with Crippen LogP contribution >= 0.6 is 0 Å². The van der Waals surface area contributed by atoms with Gasteiger partial charge in [-0.15, -0.1) is 0 Å². The molecule has 3 rings (SSSR count). The summed E-state index contributed by atoms with van der Waals surface area (Å²) in [6.45, 7) is 9.83. The van der Waals surface area contributed by atoms with E-state index in [-0.39, 0.29) is 16.5 Å². The van der Waals surface area contributed by atoms with Gasteiger partial charge in [-0.3, -0.25) is 19.1 Å². The summed E-state index contributed by atoms with van der Waals surface area (Å²) >= 11 is 0. The van der Waals surface area contributed by atoms with Crippen LogP contribution in [0.1, 0.15) is 44.9 Å². The molecule has 6 nitrogen and oxygen atoms in total. The van der Waals surface area contributed by atoms with Gasteiger partial charge in [-0.2, -0.15) is 0 Å². The van der Waals surface area contributed by atoms with E-state index >= 15 is 0 Å². The Balaban J connectivity index is 1.56. The van der Waals surface area contributed by atoms with Gasteiger partial charge < -0.3 is 4.57 Å². The Kier molecular flexibility index (Phi) is 5.65. The minimum Gasteiger partial charge on any atom is -0.318 e. The zero-order chi connectivity index (χ0) is 19.6. The molecule has 2 aromatic heterocycles. The van der Waals surface area contributed by atoms with Crippen LogP contribution in [0.15, 0.2) is 40.3 Å². The number of hydrogen-bond donors (Lipinski definition) is 0. The number of likely N-dealkylation sites (tertiary alicyclic amines) is 1. The van der Waals surface area contributed by atoms with Gasteiger partial charge in [0.1, 0.15) is 0 Å². The summed E-state index contributed by atoms with van der Waals surface area (Å²) in [6.07, 6.45) is 5.76. The average molecular weight is 370 g/mol. The standard InChI is InChI=1S/C21H30N4O2/c1-21(2,3)18-11-20(27)25(15-22-18)14-16-7-9-24(10-8-16)13-17-5-6-19(26)23(4)12-17/h5-6,11-12,15-16H,7-10,13-14H2,1-4H3. The van der Waals surface area contributed by atoms with Gasteiger partial charge in [0, 0.05) is 43.9 Å². The van der Waals surface area contributed by atoms with Crippen LogP contribution < -0.4 is 11.1 Å². The van der Waals surface area contributed by atoms with Gasteiger partial charge >= 0.3 is 0 Å². The van der Waals surface area contributed by atoms with Crippen molar-refractivity contribution in [2.75, 3.05) is 13.1 Å². The zero-order valence-electron chi connectivity index (χ0n) is 16.8. The van der Waals surface area contributed by atoms with Gasteiger partial charge in [0.25, 0.3) is 5.56 Å². The van der Waals surface area contributed by atoms with Crippen molar-refractivity contribution in [2.45, 2.75) is 52.1 Å². The van der Waals surface area contributed by atoms with Crippen LogP contribution in [0.2, 0.25) is 0 Å². The maximum Gasteiger partial charge on any atom is 0.253 e. The molecule has 0 radical (unpaired) electrons. The quantitative estimate of drug-likeness (QED) is 0.827. The molecule has 1 aliphatic rings. The Morgan fingerprint density at radius 2 is 1.81 bits per heavy atom. The number of pyridine rings is 1. The lowest BCUT2D eigenvalue weighted by Gasteiger charge is -2.32. The van der Waals surface area contributed by atoms with Crippen molar-refractivity contribution in [2.24, 2.45) is 13.0 Å². The first-order valence-corrected chi connectivity index (χ1v) is 9.67. The number of nitrogens with zero attached hydrogens (tertiary/aromatic N) is 4. The molecule has 0 unspecified atom stereocenters. The highest BCUT2D eigenvalue weighted by molar-refractivity contribution is 5.11. The summed E-state index contributed by atoms with van der Waals surface area (Å²) in [5.74, 6) is 0.501. The van der Waals surface area contributed by atoms with Gasteiger partial charge in [0.2, 0.25) is 5.56 Å². The highest BCUT2D eigenvalue weighted by Gasteiger charge is 2.21. The first-order chi connectivity index (χ1) is 12.7. The molecule has 0 atom stereocenters. The molecule has 0 aromatic carbocycles. The Morgan fingerprint density at radius 1 is 1.11 bits per heavy atom. The van der Waals surface area contributed by atoms with E-state index in [9.17, 15) is 9.59 Å². The molecule has 27 heavy (non-hydrogen) atoms. The molecular weight excluding hydrogens is 340 g/mol. The summed E-state index contributed by atoms with van der Waals surface area (Å²) in [4.78, 5) is 30.8. The van der Waals surface area contributed by atoms with Crippen LogP contribution in [0.3, 0.4) is 0 Å². The predicted octanol–water partition coefficient (Wildman–Crippen LogP) is 2.15. The third-order valence-electron chi connectivity index (χ3n) is 5.36. The molecule has 0 bridgehead atoms. The van der Waals surface area contributed by atoms with Crippen molar-refractivity contribution in [3.05, 3.63) is 62.7 Å². The normalized spacial score (nSPS) is 16.6. The van der Waals surface area contributed by atoms with Crippen molar-refractivity contribution in [1.82, 2.24) is 19.0 Å². The van der Waals surface area contributed by atoms with E-state index < -0.39 is 0 Å². The van der Waals surface area contributed by atoms with Crippen molar-refractivity contribution in [3.8, 4) is 0 Å². The van der Waals surface area contributed by atoms with Crippen LogP contribution in [-0.4, -0.2) is 32.1 Å². The highest BCUT2D eigenvalue weighted by atomic mass is 16.1. The fourth-order valence-corrected chi connectivity index (χ4v) is 3.58. The van der Waals surface area contributed by atoms with Crippen molar-refractivity contribution in [1.29, 1.82) is 0 Å². The molecule has 146 valence electrons. The summed E-state index contributed by atoms with van der Waals surface area (Å²) in [5.41, 5.74) is 1.96. The van der Waals surface area contributed by atoms with Crippen LogP contribution in [0, 0.1) is 5.92 Å². The number of piperidine rings is 1. The Morgan fingerprint density at radius 3 is 2.41 bits per heavy atom. The van der Waals surface area contributed by atoms with Crippen molar-refractivity contribution in [3.63, 3.8) is 0 Å². The lowest BCUT2D eigenvalue weighted by atomic mass is 9.92. The molecule has 3 heterocycles. The van der Waals surface area contributed by atoms with E-state index in [0.29, 0.717) is 5.92 Å². The zero-order valence-corrected chi connectivity index (χ0v) is 16.8. The molecule has 0 aliphatic carbocycles. The largest absolute Gasteiger partial charge is 0.318 e. The summed E-state index contributed by atoms with van der Waals surface area (Å²) in [7, 11) is 1.79. The fourth-order valence-electron chi connectivity index (χ4n) is 3.58. The Labute approximate surface area is 160 Å². The molecular formula is C21H30N4O2. The number of hydrogen-bond acceptors (Lipinski definition) is 4. The SMILES string of the molecule is Cn1cc(CN2CCC(Cn3cnc(C(C)(C)C)cc3=O)CC2)ccc1=O. The molecule has 1 aliphatic heterocycles. The molecule has 0 N–H and O–H groups in total. The Hall–Kier alpha value is -2.21. The lowest BCUT2D eigenvalue weighted by Crippen LogP contribution is -2.36. The van der Waals surface area contributed by atoms with Crippen LogP contribution in [0.25, 0.3) is 0 Å². The molecule has 1 saturated heterocycles. The highest BCUT2D eigenvalue weighted by Crippen LogP contribution is 2.21. The maximum atomic E-state index is 12.4. The van der Waals surface area contributed by atoms with Crippen molar-refractivity contribution >= 4 is 0 Å². The van der Waals surface area contributed by atoms with Gasteiger partial charge in [-0.05, 0) is 37.4 Å². The molecule has 0 amide bonds. The molecule has 6 heteroatoms. The summed E-state index contributed by atoms with van der Waals surface area (Å²) in [6, 6.07) is 5.22. The van der Waals surface area contributed by atoms with Gasteiger partial charge in [0.15, 0.2) is 0 Å². The smallest absolute Gasteiger partial charge is 0.253 e. The third kappa shape index (κ3) is 4.95. The maximum absolute atomic E-state index is 12.4. The van der Waals surface area contributed by atoms with E-state index in [1.807, 2.05) is 12.3 Å². The van der Waals surface area contributed by atoms with Crippen molar-refractivity contribution < 1.29 is 0 Å². The molecule has 2 aromatic rings. The molecule has 0 spiro atoms. The van der Waals surface area contributed by atoms with E-state index in [2.05, 4.69) is 30.7 Å². The van der Waals surface area contributed by atoms with Crippen LogP contribution in [0.4, 0.5) is 0 Å². The Bertz CT molecular complexity index is 899. The van der Waals surface area contributed by atoms with Crippen LogP contribution in [-0.2, 0) is 25.6 Å². The second-order valence-electron chi connectivity index (χ2n) is 8.72. The van der Waals surface area contributed by atoms with Gasteiger partial charge in [0.05, 0.1) is 12.0 Å². The van der Waals surface area contributed by atoms with Crippen LogP contribution in [0.5, 0.6) is 0 Å². The number of aromatic nitrogens is 3. The minimum absolute atomic E-state index is 0.0222. The number of rotatable bonds is 4. The van der Waals surface area contributed by atoms with E-state index in [0.717, 1.165) is 50.3 Å². The lowest BCUT2D eigenvalue weighted by molar-refractivity contribution is 0.166. The van der Waals surface area contributed by atoms with E-state index in [4.69, 9.17) is 0 Å². The first-order valence-electron chi connectivity index (χ1n) is 9.67.